The number of aliphatic hydroxyl groups is 4. The van der Waals surface area contributed by atoms with Crippen molar-refractivity contribution in [3.63, 3.8) is 0 Å². The van der Waals surface area contributed by atoms with Crippen molar-refractivity contribution in [2.24, 2.45) is 11.5 Å². The highest BCUT2D eigenvalue weighted by molar-refractivity contribution is 4.81. The fourth-order valence-corrected chi connectivity index (χ4v) is 1.34. The van der Waals surface area contributed by atoms with E-state index in [1.54, 1.807) is 0 Å². The Hall–Kier alpha value is -0.240. The van der Waals surface area contributed by atoms with Crippen LogP contribution in [0, 0.1) is 0 Å². The normalized spacial score (nSPS) is 19.6. The van der Waals surface area contributed by atoms with Crippen molar-refractivity contribution in [2.45, 2.75) is 43.6 Å². The average Bonchev–Trinajstić information content (AvgIpc) is 2.17. The number of hydrogen-bond acceptors (Lipinski definition) is 6. The lowest BCUT2D eigenvalue weighted by atomic mass is 9.97. The van der Waals surface area contributed by atoms with Gasteiger partial charge in [0.25, 0.3) is 0 Å². The second-order valence-corrected chi connectivity index (χ2v) is 3.74. The lowest BCUT2D eigenvalue weighted by Crippen LogP contribution is -2.45. The number of nitrogens with two attached hydrogens (primary N) is 2. The first-order valence-electron chi connectivity index (χ1n) is 5.12. The molecule has 0 aromatic carbocycles. The van der Waals surface area contributed by atoms with Gasteiger partial charge in [0.05, 0.1) is 12.2 Å². The van der Waals surface area contributed by atoms with Gasteiger partial charge in [0.2, 0.25) is 0 Å². The molecule has 4 unspecified atom stereocenters. The van der Waals surface area contributed by atoms with Gasteiger partial charge in [0, 0.05) is 25.3 Å². The third-order valence-corrected chi connectivity index (χ3v) is 2.34. The van der Waals surface area contributed by atoms with E-state index in [1.807, 2.05) is 0 Å². The SMILES string of the molecule is NC(CCO)CC(O)C(O)C(N)CCO. The maximum atomic E-state index is 9.54. The number of aliphatic hydroxyl groups excluding tert-OH is 4. The van der Waals surface area contributed by atoms with Gasteiger partial charge in [0.1, 0.15) is 0 Å². The fourth-order valence-electron chi connectivity index (χ4n) is 1.34. The number of rotatable bonds is 8. The van der Waals surface area contributed by atoms with Crippen molar-refractivity contribution in [3.8, 4) is 0 Å². The first-order chi connectivity index (χ1) is 7.02. The molecule has 0 saturated carbocycles. The highest BCUT2D eigenvalue weighted by Crippen LogP contribution is 2.08. The summed E-state index contributed by atoms with van der Waals surface area (Å²) in [6, 6.07) is -1.02. The molecule has 6 heteroatoms. The molecule has 0 rings (SSSR count). The van der Waals surface area contributed by atoms with E-state index >= 15 is 0 Å². The van der Waals surface area contributed by atoms with Crippen LogP contribution in [0.1, 0.15) is 19.3 Å². The summed E-state index contributed by atoms with van der Waals surface area (Å²) in [5, 5.41) is 36.3. The molecule has 15 heavy (non-hydrogen) atoms. The van der Waals surface area contributed by atoms with Crippen LogP contribution in [0.3, 0.4) is 0 Å². The quantitative estimate of drug-likeness (QED) is 0.269. The van der Waals surface area contributed by atoms with Gasteiger partial charge in [-0.2, -0.15) is 0 Å². The summed E-state index contributed by atoms with van der Waals surface area (Å²) in [7, 11) is 0. The maximum Gasteiger partial charge on any atom is 0.0950 e. The van der Waals surface area contributed by atoms with Crippen LogP contribution >= 0.6 is 0 Å². The highest BCUT2D eigenvalue weighted by atomic mass is 16.3. The van der Waals surface area contributed by atoms with Crippen molar-refractivity contribution in [3.05, 3.63) is 0 Å². The van der Waals surface area contributed by atoms with Crippen molar-refractivity contribution in [2.75, 3.05) is 13.2 Å². The van der Waals surface area contributed by atoms with Gasteiger partial charge >= 0.3 is 0 Å². The van der Waals surface area contributed by atoms with E-state index in [0.717, 1.165) is 0 Å². The molecule has 92 valence electrons. The molecule has 0 radical (unpaired) electrons. The minimum absolute atomic E-state index is 0.0489. The van der Waals surface area contributed by atoms with E-state index in [9.17, 15) is 10.2 Å². The van der Waals surface area contributed by atoms with Crippen molar-refractivity contribution >= 4 is 0 Å². The molecular formula is C9H22N2O4. The van der Waals surface area contributed by atoms with E-state index in [2.05, 4.69) is 0 Å². The second-order valence-electron chi connectivity index (χ2n) is 3.74. The smallest absolute Gasteiger partial charge is 0.0950 e. The molecule has 0 spiro atoms. The third kappa shape index (κ3) is 6.03. The summed E-state index contributed by atoms with van der Waals surface area (Å²) in [6.07, 6.45) is -1.33. The number of hydrogen-bond donors (Lipinski definition) is 6. The Morgan fingerprint density at radius 3 is 1.93 bits per heavy atom. The lowest BCUT2D eigenvalue weighted by molar-refractivity contribution is -0.00865. The Morgan fingerprint density at radius 1 is 0.933 bits per heavy atom. The van der Waals surface area contributed by atoms with Crippen molar-refractivity contribution in [1.82, 2.24) is 0 Å². The minimum Gasteiger partial charge on any atom is -0.396 e. The van der Waals surface area contributed by atoms with Gasteiger partial charge in [-0.1, -0.05) is 0 Å². The standard InChI is InChI=1S/C9H22N2O4/c10-6(1-3-12)5-8(14)9(15)7(11)2-4-13/h6-9,12-15H,1-5,10-11H2. The van der Waals surface area contributed by atoms with E-state index in [1.165, 1.54) is 0 Å². The van der Waals surface area contributed by atoms with Crippen LogP contribution in [-0.2, 0) is 0 Å². The Kier molecular flexibility index (Phi) is 7.85. The predicted molar refractivity (Wildman–Crippen MR) is 56.0 cm³/mol. The maximum absolute atomic E-state index is 9.54. The topological polar surface area (TPSA) is 133 Å². The van der Waals surface area contributed by atoms with E-state index in [-0.39, 0.29) is 32.1 Å². The molecule has 0 aliphatic rings. The van der Waals surface area contributed by atoms with Crippen LogP contribution in [0.15, 0.2) is 0 Å². The van der Waals surface area contributed by atoms with E-state index in [4.69, 9.17) is 21.7 Å². The van der Waals surface area contributed by atoms with Gasteiger partial charge in [-0.3, -0.25) is 0 Å². The lowest BCUT2D eigenvalue weighted by Gasteiger charge is -2.25. The first-order valence-corrected chi connectivity index (χ1v) is 5.12. The Labute approximate surface area is 89.5 Å². The Balaban J connectivity index is 3.91. The molecule has 0 heterocycles. The van der Waals surface area contributed by atoms with Crippen LogP contribution in [0.5, 0.6) is 0 Å². The third-order valence-electron chi connectivity index (χ3n) is 2.34. The van der Waals surface area contributed by atoms with E-state index in [0.29, 0.717) is 6.42 Å². The van der Waals surface area contributed by atoms with Gasteiger partial charge in [-0.05, 0) is 19.3 Å². The van der Waals surface area contributed by atoms with Crippen LogP contribution in [0.2, 0.25) is 0 Å². The fraction of sp³-hybridized carbons (Fsp3) is 1.00. The zero-order valence-corrected chi connectivity index (χ0v) is 8.79. The highest BCUT2D eigenvalue weighted by Gasteiger charge is 2.24. The molecule has 6 nitrogen and oxygen atoms in total. The summed E-state index contributed by atoms with van der Waals surface area (Å²) in [5.74, 6) is 0. The van der Waals surface area contributed by atoms with Crippen LogP contribution in [-0.4, -0.2) is 57.9 Å². The molecule has 0 bridgehead atoms. The molecule has 0 aliphatic heterocycles. The molecule has 0 saturated heterocycles. The summed E-state index contributed by atoms with van der Waals surface area (Å²) >= 11 is 0. The van der Waals surface area contributed by atoms with Gasteiger partial charge in [-0.15, -0.1) is 0 Å². The van der Waals surface area contributed by atoms with Gasteiger partial charge in [-0.25, -0.2) is 0 Å². The molecule has 0 aromatic rings. The van der Waals surface area contributed by atoms with Crippen LogP contribution in [0.4, 0.5) is 0 Å². The minimum atomic E-state index is -1.10. The summed E-state index contributed by atoms with van der Waals surface area (Å²) in [4.78, 5) is 0. The molecule has 0 amide bonds. The summed E-state index contributed by atoms with van der Waals surface area (Å²) in [6.45, 7) is -0.180. The van der Waals surface area contributed by atoms with Crippen molar-refractivity contribution in [1.29, 1.82) is 0 Å². The average molecular weight is 222 g/mol. The van der Waals surface area contributed by atoms with Crippen LogP contribution in [0.25, 0.3) is 0 Å². The van der Waals surface area contributed by atoms with E-state index < -0.39 is 18.2 Å². The zero-order chi connectivity index (χ0) is 11.8. The van der Waals surface area contributed by atoms with Crippen LogP contribution < -0.4 is 11.5 Å². The molecule has 0 aliphatic carbocycles. The Bertz CT molecular complexity index is 159. The first kappa shape index (κ1) is 14.8. The zero-order valence-electron chi connectivity index (χ0n) is 8.79. The molecule has 4 atom stereocenters. The molecule has 8 N–H and O–H groups in total. The largest absolute Gasteiger partial charge is 0.396 e. The Morgan fingerprint density at radius 2 is 1.47 bits per heavy atom. The summed E-state index contributed by atoms with van der Waals surface area (Å²) in [5.41, 5.74) is 11.1. The molecule has 0 aromatic heterocycles. The second kappa shape index (κ2) is 7.98. The predicted octanol–water partition coefficient (Wildman–Crippen LogP) is -2.48. The summed E-state index contributed by atoms with van der Waals surface area (Å²) < 4.78 is 0. The monoisotopic (exact) mass is 222 g/mol. The van der Waals surface area contributed by atoms with Crippen molar-refractivity contribution < 1.29 is 20.4 Å². The molecular weight excluding hydrogens is 200 g/mol. The molecule has 0 fully saturated rings. The van der Waals surface area contributed by atoms with Gasteiger partial charge < -0.3 is 31.9 Å². The van der Waals surface area contributed by atoms with Gasteiger partial charge in [0.15, 0.2) is 0 Å².